The molecule has 0 aliphatic rings. The second-order valence-corrected chi connectivity index (χ2v) is 7.29. The first-order valence-corrected chi connectivity index (χ1v) is 8.90. The van der Waals surface area contributed by atoms with Gasteiger partial charge in [-0.25, -0.2) is 0 Å². The third-order valence-electron chi connectivity index (χ3n) is 3.73. The molecule has 24 heavy (non-hydrogen) atoms. The third kappa shape index (κ3) is 9.01. The van der Waals surface area contributed by atoms with Crippen LogP contribution in [0.15, 0.2) is 0 Å². The van der Waals surface area contributed by atoms with Crippen LogP contribution < -0.4 is 16.0 Å². The monoisotopic (exact) mass is 341 g/mol. The van der Waals surface area contributed by atoms with Gasteiger partial charge in [-0.2, -0.15) is 0 Å². The molecule has 0 rings (SSSR count). The van der Waals surface area contributed by atoms with Gasteiger partial charge in [0.05, 0.1) is 12.1 Å². The van der Waals surface area contributed by atoms with Gasteiger partial charge in [-0.1, -0.05) is 41.5 Å². The Labute approximate surface area is 146 Å². The van der Waals surface area contributed by atoms with E-state index in [0.29, 0.717) is 19.4 Å². The smallest absolute Gasteiger partial charge is 0.237 e. The minimum absolute atomic E-state index is 0.0261. The van der Waals surface area contributed by atoms with Gasteiger partial charge in [0, 0.05) is 25.4 Å². The second-order valence-electron chi connectivity index (χ2n) is 7.29. The molecule has 140 valence electrons. The van der Waals surface area contributed by atoms with E-state index in [0.717, 1.165) is 0 Å². The summed E-state index contributed by atoms with van der Waals surface area (Å²) in [7, 11) is 0. The van der Waals surface area contributed by atoms with Crippen molar-refractivity contribution in [3.05, 3.63) is 0 Å². The molecule has 0 fully saturated rings. The summed E-state index contributed by atoms with van der Waals surface area (Å²) in [4.78, 5) is 35.9. The highest BCUT2D eigenvalue weighted by Gasteiger charge is 2.28. The number of rotatable bonds is 11. The van der Waals surface area contributed by atoms with Gasteiger partial charge in [-0.15, -0.1) is 0 Å². The van der Waals surface area contributed by atoms with E-state index in [-0.39, 0.29) is 41.5 Å². The fourth-order valence-electron chi connectivity index (χ4n) is 2.45. The maximum atomic E-state index is 12.6. The van der Waals surface area contributed by atoms with Crippen molar-refractivity contribution in [1.29, 1.82) is 0 Å². The molecule has 0 saturated carbocycles. The van der Waals surface area contributed by atoms with Crippen LogP contribution in [0.2, 0.25) is 0 Å². The summed E-state index contributed by atoms with van der Waals surface area (Å²) in [6.45, 7) is 13.6. The Bertz CT molecular complexity index is 420. The van der Waals surface area contributed by atoms with Crippen molar-refractivity contribution in [3.63, 3.8) is 0 Å². The number of carbonyl (C=O) groups is 3. The molecule has 0 aliphatic heterocycles. The SMILES string of the molecule is CC(=O)NCCCC(NC(=O)C(NC(C)C)C(C)C)C(=O)C(C)C. The van der Waals surface area contributed by atoms with E-state index >= 15 is 0 Å². The molecule has 0 bridgehead atoms. The fraction of sp³-hybridized carbons (Fsp3) is 0.833. The summed E-state index contributed by atoms with van der Waals surface area (Å²) < 4.78 is 0. The van der Waals surface area contributed by atoms with Crippen LogP contribution >= 0.6 is 0 Å². The van der Waals surface area contributed by atoms with Crippen LogP contribution in [0.3, 0.4) is 0 Å². The highest BCUT2D eigenvalue weighted by Crippen LogP contribution is 2.09. The molecule has 0 aliphatic carbocycles. The van der Waals surface area contributed by atoms with Gasteiger partial charge < -0.3 is 16.0 Å². The van der Waals surface area contributed by atoms with Crippen LogP contribution in [0.25, 0.3) is 0 Å². The predicted octanol–water partition coefficient (Wildman–Crippen LogP) is 1.64. The first kappa shape index (κ1) is 22.6. The molecule has 0 aromatic heterocycles. The maximum absolute atomic E-state index is 12.6. The lowest BCUT2D eigenvalue weighted by Gasteiger charge is -2.27. The first-order valence-electron chi connectivity index (χ1n) is 8.90. The zero-order valence-corrected chi connectivity index (χ0v) is 16.2. The number of hydrogen-bond acceptors (Lipinski definition) is 4. The van der Waals surface area contributed by atoms with Crippen molar-refractivity contribution in [2.45, 2.75) is 79.4 Å². The molecule has 6 heteroatoms. The molecule has 0 saturated heterocycles. The minimum atomic E-state index is -0.513. The molecule has 2 unspecified atom stereocenters. The van der Waals surface area contributed by atoms with E-state index in [2.05, 4.69) is 16.0 Å². The highest BCUT2D eigenvalue weighted by molar-refractivity contribution is 5.91. The van der Waals surface area contributed by atoms with Gasteiger partial charge in [0.25, 0.3) is 0 Å². The van der Waals surface area contributed by atoms with Crippen LogP contribution in [0.1, 0.15) is 61.3 Å². The maximum Gasteiger partial charge on any atom is 0.237 e. The molecular weight excluding hydrogens is 306 g/mol. The van der Waals surface area contributed by atoms with E-state index in [1.54, 1.807) is 0 Å². The molecule has 2 atom stereocenters. The molecule has 3 N–H and O–H groups in total. The molecule has 0 aromatic carbocycles. The lowest BCUT2D eigenvalue weighted by atomic mass is 9.96. The second kappa shape index (κ2) is 11.2. The summed E-state index contributed by atoms with van der Waals surface area (Å²) in [6.07, 6.45) is 1.17. The van der Waals surface area contributed by atoms with Gasteiger partial charge in [0.1, 0.15) is 0 Å². The normalized spacial score (nSPS) is 13.9. The number of ketones is 1. The summed E-state index contributed by atoms with van der Waals surface area (Å²) in [5.41, 5.74) is 0. The van der Waals surface area contributed by atoms with E-state index < -0.39 is 6.04 Å². The number of hydrogen-bond donors (Lipinski definition) is 3. The summed E-state index contributed by atoms with van der Waals surface area (Å²) in [5, 5.41) is 8.88. The highest BCUT2D eigenvalue weighted by atomic mass is 16.2. The first-order chi connectivity index (χ1) is 11.1. The topological polar surface area (TPSA) is 87.3 Å². The molecule has 0 spiro atoms. The Morgan fingerprint density at radius 3 is 1.96 bits per heavy atom. The molecule has 0 radical (unpaired) electrons. The third-order valence-corrected chi connectivity index (χ3v) is 3.73. The molecular formula is C18H35N3O3. The van der Waals surface area contributed by atoms with Crippen molar-refractivity contribution in [1.82, 2.24) is 16.0 Å². The number of nitrogens with one attached hydrogen (secondary N) is 3. The predicted molar refractivity (Wildman–Crippen MR) is 96.6 cm³/mol. The van der Waals surface area contributed by atoms with Crippen molar-refractivity contribution < 1.29 is 14.4 Å². The quantitative estimate of drug-likeness (QED) is 0.499. The van der Waals surface area contributed by atoms with Gasteiger partial charge in [0.2, 0.25) is 11.8 Å². The summed E-state index contributed by atoms with van der Waals surface area (Å²) in [5.74, 6) is -0.226. The fourth-order valence-corrected chi connectivity index (χ4v) is 2.45. The minimum Gasteiger partial charge on any atom is -0.356 e. The van der Waals surface area contributed by atoms with Crippen LogP contribution in [-0.4, -0.2) is 42.3 Å². The van der Waals surface area contributed by atoms with Crippen LogP contribution in [-0.2, 0) is 14.4 Å². The Kier molecular flexibility index (Phi) is 10.5. The molecule has 2 amide bonds. The summed E-state index contributed by atoms with van der Waals surface area (Å²) in [6, 6.07) is -0.661. The average Bonchev–Trinajstić information content (AvgIpc) is 2.45. The molecule has 6 nitrogen and oxygen atoms in total. The zero-order valence-electron chi connectivity index (χ0n) is 16.2. The lowest BCUT2D eigenvalue weighted by Crippen LogP contribution is -2.54. The van der Waals surface area contributed by atoms with Gasteiger partial charge in [-0.05, 0) is 18.8 Å². The van der Waals surface area contributed by atoms with Gasteiger partial charge >= 0.3 is 0 Å². The Morgan fingerprint density at radius 1 is 0.958 bits per heavy atom. The van der Waals surface area contributed by atoms with Crippen LogP contribution in [0.4, 0.5) is 0 Å². The van der Waals surface area contributed by atoms with Crippen molar-refractivity contribution in [2.24, 2.45) is 11.8 Å². The Hall–Kier alpha value is -1.43. The zero-order chi connectivity index (χ0) is 18.9. The standard InChI is InChI=1S/C18H35N3O3/c1-11(2)16(20-13(5)6)18(24)21-15(17(23)12(3)4)9-8-10-19-14(7)22/h11-13,15-16,20H,8-10H2,1-7H3,(H,19,22)(H,21,24). The Morgan fingerprint density at radius 2 is 1.54 bits per heavy atom. The van der Waals surface area contributed by atoms with E-state index in [4.69, 9.17) is 0 Å². The van der Waals surface area contributed by atoms with Crippen molar-refractivity contribution >= 4 is 17.6 Å². The van der Waals surface area contributed by atoms with Crippen molar-refractivity contribution in [3.8, 4) is 0 Å². The van der Waals surface area contributed by atoms with Crippen LogP contribution in [0, 0.1) is 11.8 Å². The molecule has 0 aromatic rings. The average molecular weight is 341 g/mol. The lowest BCUT2D eigenvalue weighted by molar-refractivity contribution is -0.131. The van der Waals surface area contributed by atoms with Crippen molar-refractivity contribution in [2.75, 3.05) is 6.54 Å². The number of Topliss-reactive ketones (excluding diaryl/α,β-unsaturated/α-hetero) is 1. The van der Waals surface area contributed by atoms with E-state index in [9.17, 15) is 14.4 Å². The largest absolute Gasteiger partial charge is 0.356 e. The molecule has 0 heterocycles. The number of amides is 2. The van der Waals surface area contributed by atoms with E-state index in [1.807, 2.05) is 41.5 Å². The van der Waals surface area contributed by atoms with E-state index in [1.165, 1.54) is 6.92 Å². The van der Waals surface area contributed by atoms with Gasteiger partial charge in [0.15, 0.2) is 5.78 Å². The number of carbonyl (C=O) groups excluding carboxylic acids is 3. The summed E-state index contributed by atoms with van der Waals surface area (Å²) >= 11 is 0. The Balaban J connectivity index is 4.85. The van der Waals surface area contributed by atoms with Gasteiger partial charge in [-0.3, -0.25) is 14.4 Å². The van der Waals surface area contributed by atoms with Crippen LogP contribution in [0.5, 0.6) is 0 Å².